The van der Waals surface area contributed by atoms with Crippen molar-refractivity contribution in [2.75, 3.05) is 13.6 Å². The molecule has 2 aromatic rings. The normalized spacial score (nSPS) is 11.9. The summed E-state index contributed by atoms with van der Waals surface area (Å²) in [7, 11) is -2.11. The van der Waals surface area contributed by atoms with Gasteiger partial charge >= 0.3 is 5.97 Å². The van der Waals surface area contributed by atoms with Crippen LogP contribution in [0.1, 0.15) is 15.2 Å². The Morgan fingerprint density at radius 2 is 2.15 bits per heavy atom. The second-order valence-corrected chi connectivity index (χ2v) is 8.33. The third-order valence-electron chi connectivity index (χ3n) is 2.74. The molecule has 0 radical (unpaired) electrons. The highest BCUT2D eigenvalue weighted by Gasteiger charge is 2.23. The van der Waals surface area contributed by atoms with Crippen LogP contribution in [0, 0.1) is 0 Å². The van der Waals surface area contributed by atoms with Crippen LogP contribution in [-0.4, -0.2) is 37.4 Å². The summed E-state index contributed by atoms with van der Waals surface area (Å²) in [6.45, 7) is 0.364. The van der Waals surface area contributed by atoms with Gasteiger partial charge in [0.25, 0.3) is 10.0 Å². The summed E-state index contributed by atoms with van der Waals surface area (Å²) in [5.74, 6) is -1.12. The second kappa shape index (κ2) is 6.04. The lowest BCUT2D eigenvalue weighted by molar-refractivity contribution is 0.0697. The summed E-state index contributed by atoms with van der Waals surface area (Å²) in [5.41, 5.74) is 0.000215. The number of rotatable bonds is 6. The molecule has 0 fully saturated rings. The molecule has 108 valence electrons. The highest BCUT2D eigenvalue weighted by molar-refractivity contribution is 7.91. The summed E-state index contributed by atoms with van der Waals surface area (Å²) in [6.07, 6.45) is 0.643. The van der Waals surface area contributed by atoms with E-state index in [4.69, 9.17) is 5.11 Å². The molecule has 20 heavy (non-hydrogen) atoms. The average molecular weight is 331 g/mol. The minimum Gasteiger partial charge on any atom is -0.478 e. The molecule has 0 aromatic carbocycles. The fourth-order valence-electron chi connectivity index (χ4n) is 1.56. The van der Waals surface area contributed by atoms with Gasteiger partial charge in [-0.25, -0.2) is 13.2 Å². The minimum atomic E-state index is -3.61. The maximum absolute atomic E-state index is 12.3. The number of thiophene rings is 2. The van der Waals surface area contributed by atoms with E-state index in [-0.39, 0.29) is 9.77 Å². The molecule has 2 aromatic heterocycles. The van der Waals surface area contributed by atoms with Gasteiger partial charge in [0.1, 0.15) is 4.21 Å². The number of aromatic carboxylic acids is 1. The minimum absolute atomic E-state index is 0.000215. The van der Waals surface area contributed by atoms with Crippen molar-refractivity contribution in [3.63, 3.8) is 0 Å². The molecule has 0 bridgehead atoms. The summed E-state index contributed by atoms with van der Waals surface area (Å²) in [6, 6.07) is 5.08. The second-order valence-electron chi connectivity index (χ2n) is 4.12. The number of likely N-dealkylation sites (N-methyl/N-ethyl adjacent to an activating group) is 1. The van der Waals surface area contributed by atoms with Crippen molar-refractivity contribution in [2.24, 2.45) is 0 Å². The monoisotopic (exact) mass is 331 g/mol. The molecule has 2 rings (SSSR count). The lowest BCUT2D eigenvalue weighted by atomic mass is 10.3. The van der Waals surface area contributed by atoms with Gasteiger partial charge in [-0.3, -0.25) is 0 Å². The first-order valence-corrected chi connectivity index (χ1v) is 8.92. The topological polar surface area (TPSA) is 74.7 Å². The predicted molar refractivity (Wildman–Crippen MR) is 79.1 cm³/mol. The highest BCUT2D eigenvalue weighted by Crippen LogP contribution is 2.23. The van der Waals surface area contributed by atoms with Crippen LogP contribution in [0.3, 0.4) is 0 Å². The molecule has 0 saturated carbocycles. The Morgan fingerprint density at radius 1 is 1.40 bits per heavy atom. The molecule has 8 heteroatoms. The average Bonchev–Trinajstić information content (AvgIpc) is 3.06. The van der Waals surface area contributed by atoms with E-state index in [2.05, 4.69) is 0 Å². The van der Waals surface area contributed by atoms with Crippen LogP contribution in [-0.2, 0) is 16.4 Å². The standard InChI is InChI=1S/C12H13NO4S3/c1-13(5-4-10-3-2-6-18-10)20(16,17)11-7-9(8-19-11)12(14)15/h2-3,6-8H,4-5H2,1H3,(H,14,15). The maximum Gasteiger partial charge on any atom is 0.336 e. The van der Waals surface area contributed by atoms with E-state index >= 15 is 0 Å². The van der Waals surface area contributed by atoms with E-state index in [1.54, 1.807) is 11.3 Å². The van der Waals surface area contributed by atoms with Gasteiger partial charge in [0, 0.05) is 23.8 Å². The van der Waals surface area contributed by atoms with Crippen molar-refractivity contribution >= 4 is 38.7 Å². The molecular weight excluding hydrogens is 318 g/mol. The zero-order valence-electron chi connectivity index (χ0n) is 10.6. The molecule has 0 amide bonds. The molecule has 5 nitrogen and oxygen atoms in total. The van der Waals surface area contributed by atoms with Gasteiger partial charge in [-0.05, 0) is 23.9 Å². The van der Waals surface area contributed by atoms with Gasteiger partial charge in [0.15, 0.2) is 0 Å². The first-order valence-electron chi connectivity index (χ1n) is 5.72. The first kappa shape index (κ1) is 15.2. The molecule has 0 unspecified atom stereocenters. The molecule has 0 aliphatic heterocycles. The zero-order valence-corrected chi connectivity index (χ0v) is 13.1. The summed E-state index contributed by atoms with van der Waals surface area (Å²) in [5, 5.41) is 12.1. The lowest BCUT2D eigenvalue weighted by Gasteiger charge is -2.15. The third-order valence-corrected chi connectivity index (χ3v) is 6.95. The number of hydrogen-bond acceptors (Lipinski definition) is 5. The van der Waals surface area contributed by atoms with Gasteiger partial charge < -0.3 is 5.11 Å². The Hall–Kier alpha value is -1.22. The van der Waals surface area contributed by atoms with Crippen molar-refractivity contribution in [2.45, 2.75) is 10.6 Å². The number of nitrogens with zero attached hydrogens (tertiary/aromatic N) is 1. The van der Waals surface area contributed by atoms with Gasteiger partial charge in [-0.15, -0.1) is 22.7 Å². The largest absolute Gasteiger partial charge is 0.478 e. The summed E-state index contributed by atoms with van der Waals surface area (Å²) in [4.78, 5) is 11.9. The van der Waals surface area contributed by atoms with Crippen LogP contribution >= 0.6 is 22.7 Å². The number of carbonyl (C=O) groups is 1. The van der Waals surface area contributed by atoms with Gasteiger partial charge in [0.05, 0.1) is 5.56 Å². The fraction of sp³-hybridized carbons (Fsp3) is 0.250. The van der Waals surface area contributed by atoms with Crippen LogP contribution in [0.2, 0.25) is 0 Å². The quantitative estimate of drug-likeness (QED) is 0.882. The van der Waals surface area contributed by atoms with E-state index in [1.165, 1.54) is 22.8 Å². The predicted octanol–water partition coefficient (Wildman–Crippen LogP) is 2.37. The Balaban J connectivity index is 2.10. The van der Waals surface area contributed by atoms with Crippen molar-refractivity contribution in [1.29, 1.82) is 0 Å². The number of sulfonamides is 1. The van der Waals surface area contributed by atoms with E-state index in [1.807, 2.05) is 17.5 Å². The van der Waals surface area contributed by atoms with Crippen molar-refractivity contribution in [3.05, 3.63) is 39.4 Å². The highest BCUT2D eigenvalue weighted by atomic mass is 32.2. The number of hydrogen-bond donors (Lipinski definition) is 1. The first-order chi connectivity index (χ1) is 9.41. The molecule has 2 heterocycles. The van der Waals surface area contributed by atoms with Gasteiger partial charge in [-0.2, -0.15) is 4.31 Å². The van der Waals surface area contributed by atoms with Crippen molar-refractivity contribution in [3.8, 4) is 0 Å². The van der Waals surface area contributed by atoms with Crippen LogP contribution in [0.15, 0.2) is 33.2 Å². The van der Waals surface area contributed by atoms with E-state index in [9.17, 15) is 13.2 Å². The van der Waals surface area contributed by atoms with Crippen LogP contribution in [0.25, 0.3) is 0 Å². The fourth-order valence-corrected chi connectivity index (χ4v) is 4.79. The Morgan fingerprint density at radius 3 is 2.70 bits per heavy atom. The molecule has 0 saturated heterocycles. The molecule has 0 aliphatic carbocycles. The maximum atomic E-state index is 12.3. The van der Waals surface area contributed by atoms with E-state index in [0.717, 1.165) is 16.2 Å². The summed E-state index contributed by atoms with van der Waals surface area (Å²) >= 11 is 2.51. The van der Waals surface area contributed by atoms with Gasteiger partial charge in [0.2, 0.25) is 0 Å². The summed E-state index contributed by atoms with van der Waals surface area (Å²) < 4.78 is 25.9. The van der Waals surface area contributed by atoms with Crippen molar-refractivity contribution in [1.82, 2.24) is 4.31 Å². The Kier molecular flexibility index (Phi) is 4.59. The van der Waals surface area contributed by atoms with Crippen molar-refractivity contribution < 1.29 is 18.3 Å². The molecule has 0 atom stereocenters. The smallest absolute Gasteiger partial charge is 0.336 e. The Bertz CT molecular complexity index is 688. The molecule has 1 N–H and O–H groups in total. The molecule has 0 aliphatic rings. The lowest BCUT2D eigenvalue weighted by Crippen LogP contribution is -2.28. The van der Waals surface area contributed by atoms with E-state index in [0.29, 0.717) is 13.0 Å². The van der Waals surface area contributed by atoms with Crippen LogP contribution in [0.5, 0.6) is 0 Å². The molecule has 0 spiro atoms. The van der Waals surface area contributed by atoms with E-state index < -0.39 is 16.0 Å². The van der Waals surface area contributed by atoms with Crippen LogP contribution in [0.4, 0.5) is 0 Å². The number of carboxylic acids is 1. The third kappa shape index (κ3) is 3.26. The SMILES string of the molecule is CN(CCc1cccs1)S(=O)(=O)c1cc(C(=O)O)cs1. The zero-order chi connectivity index (χ0) is 14.8. The number of carboxylic acid groups (broad SMARTS) is 1. The Labute approximate surface area is 125 Å². The molecular formula is C12H13NO4S3. The van der Waals surface area contributed by atoms with Crippen LogP contribution < -0.4 is 0 Å². The van der Waals surface area contributed by atoms with Gasteiger partial charge in [-0.1, -0.05) is 6.07 Å².